The van der Waals surface area contributed by atoms with Crippen LogP contribution >= 0.6 is 0 Å². The normalized spacial score (nSPS) is 20.9. The minimum Gasteiger partial charge on any atom is -0.490 e. The minimum absolute atomic E-state index is 0.0594. The molecule has 1 atom stereocenters. The Morgan fingerprint density at radius 1 is 1.19 bits per heavy atom. The Morgan fingerprint density at radius 3 is 2.71 bits per heavy atom. The summed E-state index contributed by atoms with van der Waals surface area (Å²) in [6, 6.07) is 8.22. The highest BCUT2D eigenvalue weighted by Gasteiger charge is 2.40. The fraction of sp³-hybridized carbons (Fsp3) is 0.579. The smallest absolute Gasteiger partial charge is 0.126 e. The van der Waals surface area contributed by atoms with Crippen molar-refractivity contribution in [1.82, 2.24) is 0 Å². The molecule has 1 aliphatic heterocycles. The Labute approximate surface area is 129 Å². The maximum atomic E-state index is 5.90. The van der Waals surface area contributed by atoms with Crippen LogP contribution in [0.2, 0.25) is 0 Å². The molecule has 21 heavy (non-hydrogen) atoms. The van der Waals surface area contributed by atoms with Crippen LogP contribution in [0.3, 0.4) is 0 Å². The second kappa shape index (κ2) is 8.23. The van der Waals surface area contributed by atoms with Gasteiger partial charge in [0.1, 0.15) is 18.0 Å². The highest BCUT2D eigenvalue weighted by atomic mass is 16.6. The van der Waals surface area contributed by atoms with Gasteiger partial charge in [0.15, 0.2) is 0 Å². The average molecular weight is 288 g/mol. The van der Waals surface area contributed by atoms with Crippen LogP contribution in [0.4, 0.5) is 0 Å². The Bertz CT molecular complexity index is 447. The number of epoxide rings is 1. The van der Waals surface area contributed by atoms with E-state index in [1.54, 1.807) is 0 Å². The molecule has 2 rings (SSSR count). The summed E-state index contributed by atoms with van der Waals surface area (Å²) >= 11 is 0. The summed E-state index contributed by atoms with van der Waals surface area (Å²) in [5.74, 6) is 0.955. The zero-order valence-corrected chi connectivity index (χ0v) is 13.4. The van der Waals surface area contributed by atoms with Crippen molar-refractivity contribution in [1.29, 1.82) is 0 Å². The van der Waals surface area contributed by atoms with Gasteiger partial charge in [0.2, 0.25) is 0 Å². The maximum absolute atomic E-state index is 5.90. The molecule has 0 amide bonds. The van der Waals surface area contributed by atoms with Crippen LogP contribution in [-0.4, -0.2) is 18.8 Å². The Balaban J connectivity index is 1.76. The molecule has 1 fully saturated rings. The second-order valence-electron chi connectivity index (χ2n) is 6.17. The van der Waals surface area contributed by atoms with Gasteiger partial charge in [-0.2, -0.15) is 0 Å². The van der Waals surface area contributed by atoms with Crippen LogP contribution < -0.4 is 4.74 Å². The molecular formula is C19H28O2. The van der Waals surface area contributed by atoms with Gasteiger partial charge in [0.05, 0.1) is 6.61 Å². The predicted molar refractivity (Wildman–Crippen MR) is 88.7 cm³/mol. The quantitative estimate of drug-likeness (QED) is 0.434. The van der Waals surface area contributed by atoms with Crippen molar-refractivity contribution in [2.75, 3.05) is 13.2 Å². The largest absolute Gasteiger partial charge is 0.490 e. The van der Waals surface area contributed by atoms with Crippen molar-refractivity contribution in [3.05, 3.63) is 35.9 Å². The van der Waals surface area contributed by atoms with Gasteiger partial charge in [0, 0.05) is 5.56 Å². The molecule has 116 valence electrons. The van der Waals surface area contributed by atoms with Gasteiger partial charge < -0.3 is 9.47 Å². The van der Waals surface area contributed by atoms with Crippen LogP contribution in [0.5, 0.6) is 5.75 Å². The van der Waals surface area contributed by atoms with Crippen LogP contribution in [0.15, 0.2) is 30.3 Å². The van der Waals surface area contributed by atoms with E-state index in [2.05, 4.69) is 38.1 Å². The molecule has 1 unspecified atom stereocenters. The van der Waals surface area contributed by atoms with Crippen molar-refractivity contribution in [2.45, 2.75) is 58.0 Å². The molecule has 1 saturated heterocycles. The van der Waals surface area contributed by atoms with Crippen LogP contribution in [0, 0.1) is 0 Å². The topological polar surface area (TPSA) is 21.8 Å². The van der Waals surface area contributed by atoms with Gasteiger partial charge in [0.25, 0.3) is 0 Å². The average Bonchev–Trinajstić information content (AvgIpc) is 3.23. The number of ether oxygens (including phenoxy) is 2. The summed E-state index contributed by atoms with van der Waals surface area (Å²) < 4.78 is 11.3. The Kier molecular flexibility index (Phi) is 6.31. The van der Waals surface area contributed by atoms with Crippen molar-refractivity contribution in [3.63, 3.8) is 0 Å². The maximum Gasteiger partial charge on any atom is 0.126 e. The number of unbranched alkanes of at least 4 members (excludes halogenated alkanes) is 5. The van der Waals surface area contributed by atoms with Crippen molar-refractivity contribution in [2.24, 2.45) is 0 Å². The first-order chi connectivity index (χ1) is 10.2. The third-order valence-corrected chi connectivity index (χ3v) is 3.86. The molecule has 0 radical (unpaired) electrons. The van der Waals surface area contributed by atoms with Crippen LogP contribution in [-0.2, 0) is 4.74 Å². The predicted octanol–water partition coefficient (Wildman–Crippen LogP) is 5.23. The van der Waals surface area contributed by atoms with Gasteiger partial charge >= 0.3 is 0 Å². The lowest BCUT2D eigenvalue weighted by Gasteiger charge is -2.11. The number of hydrogen-bond acceptors (Lipinski definition) is 2. The van der Waals surface area contributed by atoms with Gasteiger partial charge in [-0.15, -0.1) is 0 Å². The lowest BCUT2D eigenvalue weighted by atomic mass is 10.1. The van der Waals surface area contributed by atoms with Gasteiger partial charge in [-0.25, -0.2) is 0 Å². The molecule has 0 spiro atoms. The van der Waals surface area contributed by atoms with E-state index in [1.807, 2.05) is 12.1 Å². The summed E-state index contributed by atoms with van der Waals surface area (Å²) in [5, 5.41) is 0. The highest BCUT2D eigenvalue weighted by Crippen LogP contribution is 2.28. The summed E-state index contributed by atoms with van der Waals surface area (Å²) in [4.78, 5) is 0. The molecule has 2 nitrogen and oxygen atoms in total. The molecule has 1 heterocycles. The summed E-state index contributed by atoms with van der Waals surface area (Å²) in [5.41, 5.74) is 1.10. The van der Waals surface area contributed by atoms with E-state index in [0.717, 1.165) is 24.3 Å². The zero-order valence-electron chi connectivity index (χ0n) is 13.4. The molecule has 1 aromatic carbocycles. The molecule has 0 bridgehead atoms. The fourth-order valence-electron chi connectivity index (χ4n) is 2.26. The first-order valence-corrected chi connectivity index (χ1v) is 8.26. The number of para-hydroxylation sites is 1. The van der Waals surface area contributed by atoms with Crippen molar-refractivity contribution in [3.8, 4) is 5.75 Å². The van der Waals surface area contributed by atoms with Crippen LogP contribution in [0.25, 0.3) is 6.08 Å². The number of benzene rings is 1. The molecule has 0 saturated carbocycles. The second-order valence-corrected chi connectivity index (χ2v) is 6.17. The van der Waals surface area contributed by atoms with Crippen molar-refractivity contribution < 1.29 is 9.47 Å². The monoisotopic (exact) mass is 288 g/mol. The zero-order chi connectivity index (χ0) is 15.0. The van der Waals surface area contributed by atoms with E-state index in [-0.39, 0.29) is 5.60 Å². The SMILES string of the molecule is CCCCCCC/C=C/c1ccccc1OCC1(C)CO1. The van der Waals surface area contributed by atoms with Crippen molar-refractivity contribution >= 4 is 6.08 Å². The molecule has 2 heteroatoms. The van der Waals surface area contributed by atoms with E-state index in [0.29, 0.717) is 6.61 Å². The molecular weight excluding hydrogens is 260 g/mol. The Hall–Kier alpha value is -1.28. The van der Waals surface area contributed by atoms with E-state index < -0.39 is 0 Å². The molecule has 1 aliphatic rings. The van der Waals surface area contributed by atoms with E-state index in [1.165, 1.54) is 32.1 Å². The lowest BCUT2D eigenvalue weighted by molar-refractivity contribution is 0.202. The number of allylic oxidation sites excluding steroid dienone is 1. The Morgan fingerprint density at radius 2 is 1.95 bits per heavy atom. The lowest BCUT2D eigenvalue weighted by Crippen LogP contribution is -2.17. The molecule has 0 aromatic heterocycles. The summed E-state index contributed by atoms with van der Waals surface area (Å²) in [6.07, 6.45) is 12.3. The first-order valence-electron chi connectivity index (χ1n) is 8.26. The summed E-state index contributed by atoms with van der Waals surface area (Å²) in [6.45, 7) is 5.78. The highest BCUT2D eigenvalue weighted by molar-refractivity contribution is 5.57. The fourth-order valence-corrected chi connectivity index (χ4v) is 2.26. The third-order valence-electron chi connectivity index (χ3n) is 3.86. The van der Waals surface area contributed by atoms with Gasteiger partial charge in [-0.3, -0.25) is 0 Å². The third kappa shape index (κ3) is 5.92. The molecule has 0 N–H and O–H groups in total. The number of hydrogen-bond donors (Lipinski definition) is 0. The first kappa shape index (κ1) is 16.1. The summed E-state index contributed by atoms with van der Waals surface area (Å²) in [7, 11) is 0. The van der Waals surface area contributed by atoms with E-state index in [9.17, 15) is 0 Å². The minimum atomic E-state index is -0.0594. The van der Waals surface area contributed by atoms with Gasteiger partial charge in [-0.1, -0.05) is 63.0 Å². The standard InChI is InChI=1S/C19H28O2/c1-3-4-5-6-7-8-9-12-17-13-10-11-14-18(17)20-15-19(2)16-21-19/h9-14H,3-8,15-16H2,1-2H3/b12-9+. The van der Waals surface area contributed by atoms with E-state index in [4.69, 9.17) is 9.47 Å². The van der Waals surface area contributed by atoms with Gasteiger partial charge in [-0.05, 0) is 25.8 Å². The number of rotatable bonds is 10. The molecule has 1 aromatic rings. The van der Waals surface area contributed by atoms with E-state index >= 15 is 0 Å². The molecule has 0 aliphatic carbocycles. The van der Waals surface area contributed by atoms with Crippen LogP contribution in [0.1, 0.15) is 57.9 Å².